The monoisotopic (exact) mass is 407 g/mol. The second-order valence-corrected chi connectivity index (χ2v) is 4.43. The molecule has 0 aromatic rings. The number of carboxylic acid groups (broad SMARTS) is 3. The Kier molecular flexibility index (Phi) is 32.8. The van der Waals surface area contributed by atoms with E-state index in [1.165, 1.54) is 0 Å². The number of aliphatic carboxylic acids is 3. The van der Waals surface area contributed by atoms with Gasteiger partial charge in [0.1, 0.15) is 5.60 Å². The van der Waals surface area contributed by atoms with Gasteiger partial charge in [0.2, 0.25) is 0 Å². The predicted molar refractivity (Wildman–Crippen MR) is 66.9 cm³/mol. The summed E-state index contributed by atoms with van der Waals surface area (Å²) in [7, 11) is 0. The normalized spacial score (nSPS) is 9.58. The minimum absolute atomic E-state index is 0. The van der Waals surface area contributed by atoms with Gasteiger partial charge in [-0.15, -0.1) is 0 Å². The molecule has 0 atom stereocenters. The van der Waals surface area contributed by atoms with E-state index < -0.39 is 36.4 Å². The molecule has 0 amide bonds. The van der Waals surface area contributed by atoms with Crippen LogP contribution in [0.1, 0.15) is 12.8 Å². The summed E-state index contributed by atoms with van der Waals surface area (Å²) in [5.41, 5.74) is -2.97. The number of hydrogen-bond donors (Lipinski definition) is 4. The van der Waals surface area contributed by atoms with E-state index in [1.807, 2.05) is 0 Å². The van der Waals surface area contributed by atoms with Crippen LogP contribution in [0.5, 0.6) is 0 Å². The van der Waals surface area contributed by atoms with Crippen LogP contribution in [0.25, 0.3) is 0 Å². The minimum Gasteiger partial charge on any atom is -0.550 e. The van der Waals surface area contributed by atoms with Gasteiger partial charge in [-0.25, -0.2) is 0 Å². The number of rotatable bonds is 11. The van der Waals surface area contributed by atoms with Crippen LogP contribution in [-0.4, -0.2) is 88.3 Å². The fraction of sp³-hybridized carbons (Fsp3) is 0.750. The van der Waals surface area contributed by atoms with E-state index in [0.29, 0.717) is 19.6 Å². The Labute approximate surface area is 217 Å². The average molecular weight is 407 g/mol. The van der Waals surface area contributed by atoms with Crippen LogP contribution in [0.3, 0.4) is 0 Å². The van der Waals surface area contributed by atoms with Crippen molar-refractivity contribution in [1.29, 1.82) is 0 Å². The molecular weight excluding hydrogens is 387 g/mol. The first-order valence-corrected chi connectivity index (χ1v) is 6.51. The SMILES string of the molecule is O=C([O-])CC(O)(CC(=O)[O-])C(=O)[O-].OCCN(CCO)CCO.[Na+].[Na+].[Na+]. The average Bonchev–Trinajstić information content (AvgIpc) is 2.38. The molecule has 14 heteroatoms. The molecular formula is C12H20NNa3O10. The van der Waals surface area contributed by atoms with Gasteiger partial charge >= 0.3 is 88.7 Å². The molecule has 26 heavy (non-hydrogen) atoms. The Morgan fingerprint density at radius 1 is 0.731 bits per heavy atom. The van der Waals surface area contributed by atoms with Crippen molar-refractivity contribution in [3.05, 3.63) is 0 Å². The molecule has 0 rings (SSSR count). The van der Waals surface area contributed by atoms with Crippen molar-refractivity contribution in [2.45, 2.75) is 18.4 Å². The van der Waals surface area contributed by atoms with Gasteiger partial charge in [-0.2, -0.15) is 0 Å². The number of carbonyl (C=O) groups is 3. The van der Waals surface area contributed by atoms with Crippen molar-refractivity contribution in [2.24, 2.45) is 0 Å². The molecule has 0 fully saturated rings. The Hall–Kier alpha value is 1.21. The third-order valence-corrected chi connectivity index (χ3v) is 2.50. The number of hydrogen-bond acceptors (Lipinski definition) is 11. The summed E-state index contributed by atoms with van der Waals surface area (Å²) in [5, 5.41) is 64.4. The summed E-state index contributed by atoms with van der Waals surface area (Å²) in [6, 6.07) is 0. The van der Waals surface area contributed by atoms with E-state index >= 15 is 0 Å². The van der Waals surface area contributed by atoms with E-state index in [2.05, 4.69) is 0 Å². The minimum atomic E-state index is -2.97. The zero-order chi connectivity index (χ0) is 18.5. The molecule has 4 N–H and O–H groups in total. The Bertz CT molecular complexity index is 356. The molecule has 0 heterocycles. The molecule has 11 nitrogen and oxygen atoms in total. The number of nitrogens with zero attached hydrogens (tertiary/aromatic N) is 1. The summed E-state index contributed by atoms with van der Waals surface area (Å²) in [4.78, 5) is 31.8. The molecule has 0 spiro atoms. The maximum atomic E-state index is 10.1. The maximum absolute atomic E-state index is 10.1. The van der Waals surface area contributed by atoms with Gasteiger partial charge in [0, 0.05) is 44.4 Å². The molecule has 0 aromatic heterocycles. The van der Waals surface area contributed by atoms with E-state index in [4.69, 9.17) is 20.4 Å². The van der Waals surface area contributed by atoms with Crippen molar-refractivity contribution < 1.29 is 139 Å². The topological polar surface area (TPSA) is 205 Å². The molecule has 0 aliphatic rings. The fourth-order valence-electron chi connectivity index (χ4n) is 1.44. The van der Waals surface area contributed by atoms with Gasteiger partial charge in [-0.3, -0.25) is 4.90 Å². The van der Waals surface area contributed by atoms with Crippen molar-refractivity contribution in [3.8, 4) is 0 Å². The number of aliphatic hydroxyl groups is 4. The zero-order valence-electron chi connectivity index (χ0n) is 15.3. The first-order chi connectivity index (χ1) is 10.6. The number of carboxylic acids is 3. The van der Waals surface area contributed by atoms with Gasteiger partial charge in [0.05, 0.1) is 25.8 Å². The van der Waals surface area contributed by atoms with Gasteiger partial charge in [0.25, 0.3) is 0 Å². The molecule has 136 valence electrons. The third-order valence-electron chi connectivity index (χ3n) is 2.50. The quantitative estimate of drug-likeness (QED) is 0.237. The number of aliphatic hydroxyl groups excluding tert-OH is 3. The number of carbonyl (C=O) groups excluding carboxylic acids is 3. The summed E-state index contributed by atoms with van der Waals surface area (Å²) >= 11 is 0. The summed E-state index contributed by atoms with van der Waals surface area (Å²) < 4.78 is 0. The van der Waals surface area contributed by atoms with Crippen molar-refractivity contribution in [2.75, 3.05) is 39.5 Å². The van der Waals surface area contributed by atoms with Crippen LogP contribution in [0.15, 0.2) is 0 Å². The molecule has 0 aromatic carbocycles. The van der Waals surface area contributed by atoms with E-state index in [9.17, 15) is 29.7 Å². The predicted octanol–water partition coefficient (Wildman–Crippen LogP) is -16.0. The van der Waals surface area contributed by atoms with Gasteiger partial charge in [0.15, 0.2) is 0 Å². The standard InChI is InChI=1S/C6H15NO3.C6H8O7.3Na/c8-4-1-7(2-5-9)3-6-10;7-3(8)1-6(13,5(11)12)2-4(9)10;;;/h8-10H,1-6H2;13H,1-2H2,(H,7,8)(H,9,10)(H,11,12);;;/q;;3*+1/p-3. The molecule has 0 bridgehead atoms. The van der Waals surface area contributed by atoms with Crippen molar-refractivity contribution in [3.63, 3.8) is 0 Å². The first kappa shape index (κ1) is 37.9. The van der Waals surface area contributed by atoms with Crippen LogP contribution in [0.2, 0.25) is 0 Å². The van der Waals surface area contributed by atoms with Gasteiger partial charge < -0.3 is 50.1 Å². The molecule has 0 unspecified atom stereocenters. The fourth-order valence-corrected chi connectivity index (χ4v) is 1.44. The Morgan fingerprint density at radius 2 is 1.00 bits per heavy atom. The first-order valence-electron chi connectivity index (χ1n) is 6.51. The van der Waals surface area contributed by atoms with Crippen LogP contribution in [-0.2, 0) is 14.4 Å². The Morgan fingerprint density at radius 3 is 1.15 bits per heavy atom. The molecule has 0 aliphatic carbocycles. The third kappa shape index (κ3) is 21.5. The second kappa shape index (κ2) is 22.5. The van der Waals surface area contributed by atoms with E-state index in [0.717, 1.165) is 0 Å². The summed E-state index contributed by atoms with van der Waals surface area (Å²) in [5.74, 6) is -5.98. The largest absolute Gasteiger partial charge is 1.00 e. The van der Waals surface area contributed by atoms with Crippen LogP contribution in [0.4, 0.5) is 0 Å². The van der Waals surface area contributed by atoms with Crippen LogP contribution < -0.4 is 104 Å². The zero-order valence-corrected chi connectivity index (χ0v) is 21.3. The van der Waals surface area contributed by atoms with Crippen molar-refractivity contribution in [1.82, 2.24) is 4.90 Å². The second-order valence-electron chi connectivity index (χ2n) is 4.43. The van der Waals surface area contributed by atoms with Gasteiger partial charge in [-0.05, 0) is 0 Å². The molecule has 0 aliphatic heterocycles. The Balaban J connectivity index is -0.000000104. The smallest absolute Gasteiger partial charge is 0.550 e. The molecule has 0 saturated carbocycles. The summed E-state index contributed by atoms with van der Waals surface area (Å²) in [6.07, 6.45) is -2.72. The van der Waals surface area contributed by atoms with Crippen LogP contribution in [0, 0.1) is 0 Å². The van der Waals surface area contributed by atoms with E-state index in [-0.39, 0.29) is 108 Å². The van der Waals surface area contributed by atoms with Crippen molar-refractivity contribution >= 4 is 17.9 Å². The molecule has 0 radical (unpaired) electrons. The summed E-state index contributed by atoms with van der Waals surface area (Å²) in [6.45, 7) is 1.75. The van der Waals surface area contributed by atoms with E-state index in [1.54, 1.807) is 4.90 Å². The van der Waals surface area contributed by atoms with Crippen LogP contribution >= 0.6 is 0 Å². The van der Waals surface area contributed by atoms with Gasteiger partial charge in [-0.1, -0.05) is 0 Å². The molecule has 0 saturated heterocycles. The maximum Gasteiger partial charge on any atom is 1.00 e.